The number of H-pyrrole nitrogens is 1. The molecule has 0 fully saturated rings. The summed E-state index contributed by atoms with van der Waals surface area (Å²) in [6.07, 6.45) is 1.01. The number of hydrogen-bond acceptors (Lipinski definition) is 2. The fourth-order valence-corrected chi connectivity index (χ4v) is 2.47. The minimum atomic E-state index is -1.08. The summed E-state index contributed by atoms with van der Waals surface area (Å²) in [6.45, 7) is 0.264. The number of hydrogen-bond donors (Lipinski definition) is 3. The Balaban J connectivity index is 1.75. The van der Waals surface area contributed by atoms with Gasteiger partial charge in [0.05, 0.1) is 11.9 Å². The van der Waals surface area contributed by atoms with Gasteiger partial charge < -0.3 is 15.4 Å². The van der Waals surface area contributed by atoms with Crippen molar-refractivity contribution in [1.29, 1.82) is 0 Å². The highest BCUT2D eigenvalue weighted by Gasteiger charge is 2.08. The second kappa shape index (κ2) is 7.12. The van der Waals surface area contributed by atoms with Crippen LogP contribution in [0.2, 0.25) is 0 Å². The number of carboxylic acid groups (broad SMARTS) is 1. The number of rotatable bonds is 5. The first-order valence-corrected chi connectivity index (χ1v) is 7.59. The largest absolute Gasteiger partial charge is 0.465 e. The van der Waals surface area contributed by atoms with Crippen LogP contribution in [0, 0.1) is 11.6 Å². The zero-order chi connectivity index (χ0) is 17.8. The van der Waals surface area contributed by atoms with Crippen molar-refractivity contribution in [1.82, 2.24) is 15.3 Å². The monoisotopic (exact) mass is 343 g/mol. The van der Waals surface area contributed by atoms with Crippen LogP contribution in [0.15, 0.2) is 48.7 Å². The first-order chi connectivity index (χ1) is 12.0. The van der Waals surface area contributed by atoms with Crippen LogP contribution < -0.4 is 5.32 Å². The fourth-order valence-electron chi connectivity index (χ4n) is 2.47. The molecule has 0 bridgehead atoms. The summed E-state index contributed by atoms with van der Waals surface area (Å²) in [5.41, 5.74) is 2.38. The lowest BCUT2D eigenvalue weighted by Gasteiger charge is -2.05. The predicted molar refractivity (Wildman–Crippen MR) is 89.1 cm³/mol. The Morgan fingerprint density at radius 1 is 1.12 bits per heavy atom. The van der Waals surface area contributed by atoms with Crippen molar-refractivity contribution in [2.75, 3.05) is 6.54 Å². The first-order valence-electron chi connectivity index (χ1n) is 7.59. The molecule has 25 heavy (non-hydrogen) atoms. The molecule has 0 spiro atoms. The lowest BCUT2D eigenvalue weighted by Crippen LogP contribution is -2.23. The van der Waals surface area contributed by atoms with Crippen LogP contribution >= 0.6 is 0 Å². The second-order valence-electron chi connectivity index (χ2n) is 5.43. The Bertz CT molecular complexity index is 892. The van der Waals surface area contributed by atoms with Gasteiger partial charge in [0.2, 0.25) is 0 Å². The van der Waals surface area contributed by atoms with Crippen LogP contribution in [0.5, 0.6) is 0 Å². The van der Waals surface area contributed by atoms with E-state index in [1.807, 2.05) is 0 Å². The molecule has 128 valence electrons. The van der Waals surface area contributed by atoms with Crippen molar-refractivity contribution in [2.45, 2.75) is 6.42 Å². The van der Waals surface area contributed by atoms with E-state index in [9.17, 15) is 13.6 Å². The molecule has 3 aromatic rings. The van der Waals surface area contributed by atoms with Crippen molar-refractivity contribution < 1.29 is 18.7 Å². The Hall–Kier alpha value is -3.22. The van der Waals surface area contributed by atoms with Gasteiger partial charge in [0, 0.05) is 18.5 Å². The third-order valence-electron chi connectivity index (χ3n) is 3.70. The normalized spacial score (nSPS) is 10.6. The second-order valence-corrected chi connectivity index (χ2v) is 5.43. The highest BCUT2D eigenvalue weighted by Crippen LogP contribution is 2.26. The summed E-state index contributed by atoms with van der Waals surface area (Å²) in [4.78, 5) is 17.7. The van der Waals surface area contributed by atoms with E-state index in [1.165, 1.54) is 0 Å². The van der Waals surface area contributed by atoms with Gasteiger partial charge in [-0.05, 0) is 29.3 Å². The van der Waals surface area contributed by atoms with E-state index in [-0.39, 0.29) is 12.1 Å². The highest BCUT2D eigenvalue weighted by atomic mass is 19.1. The number of aromatic amines is 1. The van der Waals surface area contributed by atoms with Gasteiger partial charge in [-0.15, -0.1) is 0 Å². The molecule has 7 heteroatoms. The zero-order valence-corrected chi connectivity index (χ0v) is 13.1. The molecule has 3 N–H and O–H groups in total. The Morgan fingerprint density at radius 3 is 2.56 bits per heavy atom. The molecule has 2 aromatic carbocycles. The van der Waals surface area contributed by atoms with Gasteiger partial charge >= 0.3 is 6.09 Å². The number of benzene rings is 2. The van der Waals surface area contributed by atoms with Crippen molar-refractivity contribution in [2.24, 2.45) is 0 Å². The number of aromatic nitrogens is 2. The predicted octanol–water partition coefficient (Wildman–Crippen LogP) is 3.83. The molecule has 0 aliphatic heterocycles. The number of nitrogens with zero attached hydrogens (tertiary/aromatic N) is 1. The molecule has 0 aliphatic rings. The third kappa shape index (κ3) is 4.00. The van der Waals surface area contributed by atoms with E-state index in [0.717, 1.165) is 29.5 Å². The molecular weight excluding hydrogens is 328 g/mol. The smallest absolute Gasteiger partial charge is 0.404 e. The molecule has 0 radical (unpaired) electrons. The minimum absolute atomic E-state index is 0.205. The standard InChI is InChI=1S/C18H15F2N3O2/c19-13-5-6-15(20)14(9-13)11-1-3-12(4-2-11)16-10-22-17(23-16)7-8-21-18(24)25/h1-6,9-10,21H,7-8H2,(H,22,23)(H,24,25). The number of halogens is 2. The number of nitrogens with one attached hydrogen (secondary N) is 2. The first kappa shape index (κ1) is 16.6. The maximum absolute atomic E-state index is 13.8. The van der Waals surface area contributed by atoms with Crippen molar-refractivity contribution >= 4 is 6.09 Å². The molecule has 0 saturated heterocycles. The Kier molecular flexibility index (Phi) is 4.74. The highest BCUT2D eigenvalue weighted by molar-refractivity contribution is 5.69. The summed E-state index contributed by atoms with van der Waals surface area (Å²) in [5, 5.41) is 10.8. The van der Waals surface area contributed by atoms with Crippen molar-refractivity contribution in [3.05, 3.63) is 66.1 Å². The Morgan fingerprint density at radius 2 is 1.84 bits per heavy atom. The van der Waals surface area contributed by atoms with Crippen LogP contribution in [-0.2, 0) is 6.42 Å². The summed E-state index contributed by atoms with van der Waals surface area (Å²) >= 11 is 0. The van der Waals surface area contributed by atoms with Gasteiger partial charge in [0.25, 0.3) is 0 Å². The molecule has 1 amide bonds. The van der Waals surface area contributed by atoms with Crippen LogP contribution in [0.25, 0.3) is 22.4 Å². The average molecular weight is 343 g/mol. The van der Waals surface area contributed by atoms with E-state index >= 15 is 0 Å². The quantitative estimate of drug-likeness (QED) is 0.659. The van der Waals surface area contributed by atoms with Gasteiger partial charge in [0.15, 0.2) is 0 Å². The molecular formula is C18H15F2N3O2. The molecule has 5 nitrogen and oxygen atoms in total. The molecule has 1 heterocycles. The molecule has 0 atom stereocenters. The molecule has 0 unspecified atom stereocenters. The van der Waals surface area contributed by atoms with Crippen LogP contribution in [0.1, 0.15) is 5.82 Å². The summed E-state index contributed by atoms with van der Waals surface area (Å²) in [7, 11) is 0. The molecule has 3 rings (SSSR count). The number of imidazole rings is 1. The van der Waals surface area contributed by atoms with Crippen LogP contribution in [-0.4, -0.2) is 27.7 Å². The van der Waals surface area contributed by atoms with Gasteiger partial charge in [-0.1, -0.05) is 24.3 Å². The van der Waals surface area contributed by atoms with Gasteiger partial charge in [-0.2, -0.15) is 0 Å². The van der Waals surface area contributed by atoms with E-state index in [0.29, 0.717) is 17.8 Å². The van der Waals surface area contributed by atoms with Crippen LogP contribution in [0.4, 0.5) is 13.6 Å². The summed E-state index contributed by atoms with van der Waals surface area (Å²) in [6, 6.07) is 10.3. The maximum atomic E-state index is 13.8. The lowest BCUT2D eigenvalue weighted by atomic mass is 10.0. The van der Waals surface area contributed by atoms with Gasteiger partial charge in [-0.25, -0.2) is 18.6 Å². The van der Waals surface area contributed by atoms with E-state index in [1.54, 1.807) is 30.5 Å². The van der Waals surface area contributed by atoms with Crippen molar-refractivity contribution in [3.63, 3.8) is 0 Å². The summed E-state index contributed by atoms with van der Waals surface area (Å²) < 4.78 is 27.1. The van der Waals surface area contributed by atoms with E-state index < -0.39 is 17.7 Å². The van der Waals surface area contributed by atoms with E-state index in [4.69, 9.17) is 5.11 Å². The SMILES string of the molecule is O=C(O)NCCc1ncc(-c2ccc(-c3cc(F)ccc3F)cc2)[nH]1. The topological polar surface area (TPSA) is 78.0 Å². The average Bonchev–Trinajstić information content (AvgIpc) is 3.06. The fraction of sp³-hybridized carbons (Fsp3) is 0.111. The maximum Gasteiger partial charge on any atom is 0.404 e. The number of amides is 1. The molecule has 1 aromatic heterocycles. The van der Waals surface area contributed by atoms with E-state index in [2.05, 4.69) is 15.3 Å². The Labute approximate surface area is 142 Å². The van der Waals surface area contributed by atoms with Gasteiger partial charge in [0.1, 0.15) is 17.5 Å². The zero-order valence-electron chi connectivity index (χ0n) is 13.1. The minimum Gasteiger partial charge on any atom is -0.465 e. The molecule has 0 saturated carbocycles. The van der Waals surface area contributed by atoms with Crippen molar-refractivity contribution in [3.8, 4) is 22.4 Å². The molecule has 0 aliphatic carbocycles. The summed E-state index contributed by atoms with van der Waals surface area (Å²) in [5.74, 6) is -0.318. The third-order valence-corrected chi connectivity index (χ3v) is 3.70. The van der Waals surface area contributed by atoms with Crippen LogP contribution in [0.3, 0.4) is 0 Å². The lowest BCUT2D eigenvalue weighted by molar-refractivity contribution is 0.194. The van der Waals surface area contributed by atoms with Gasteiger partial charge in [-0.3, -0.25) is 0 Å². The number of carbonyl (C=O) groups is 1.